The van der Waals surface area contributed by atoms with Gasteiger partial charge in [0.2, 0.25) is 5.91 Å². The second-order valence-corrected chi connectivity index (χ2v) is 6.73. The zero-order chi connectivity index (χ0) is 17.6. The number of anilines is 1. The van der Waals surface area contributed by atoms with E-state index in [1.165, 1.54) is 0 Å². The molecule has 1 amide bonds. The van der Waals surface area contributed by atoms with E-state index in [2.05, 4.69) is 20.4 Å². The Morgan fingerprint density at radius 1 is 1.36 bits per heavy atom. The number of amidine groups is 1. The molecule has 1 aromatic rings. The molecule has 2 N–H and O–H groups in total. The first-order valence-corrected chi connectivity index (χ1v) is 8.73. The third-order valence-electron chi connectivity index (χ3n) is 3.76. The Morgan fingerprint density at radius 2 is 2.08 bits per heavy atom. The summed E-state index contributed by atoms with van der Waals surface area (Å²) in [5, 5.41) is 18.8. The Morgan fingerprint density at radius 3 is 2.76 bits per heavy atom. The molecule has 1 atom stereocenters. The van der Waals surface area contributed by atoms with Crippen LogP contribution >= 0.6 is 11.8 Å². The number of aliphatic carboxylic acids is 1. The number of carbonyl (C=O) groups is 2. The minimum absolute atomic E-state index is 0.234. The van der Waals surface area contributed by atoms with Crippen molar-refractivity contribution in [3.05, 3.63) is 29.8 Å². The molecule has 1 aromatic carbocycles. The average molecular weight is 362 g/mol. The van der Waals surface area contributed by atoms with Gasteiger partial charge >= 0.3 is 5.97 Å². The molecule has 0 aliphatic carbocycles. The number of carboxylic acids is 1. The Balaban J connectivity index is 1.57. The Bertz CT molecular complexity index is 699. The number of carboxylic acid groups (broad SMARTS) is 1. The third kappa shape index (κ3) is 4.80. The van der Waals surface area contributed by atoms with Gasteiger partial charge in [0.1, 0.15) is 5.25 Å². The van der Waals surface area contributed by atoms with E-state index in [-0.39, 0.29) is 12.3 Å². The number of hydrogen-bond acceptors (Lipinski definition) is 7. The fourth-order valence-electron chi connectivity index (χ4n) is 2.49. The van der Waals surface area contributed by atoms with Crippen molar-refractivity contribution in [3.8, 4) is 0 Å². The molecule has 132 valence electrons. The molecule has 0 saturated carbocycles. The van der Waals surface area contributed by atoms with Gasteiger partial charge in [0.15, 0.2) is 5.17 Å². The molecular formula is C16H18N4O4S. The number of rotatable bonds is 5. The molecule has 9 heteroatoms. The zero-order valence-electron chi connectivity index (χ0n) is 13.4. The first-order valence-electron chi connectivity index (χ1n) is 7.85. The smallest absolute Gasteiger partial charge is 0.305 e. The topological polar surface area (TPSA) is 104 Å². The van der Waals surface area contributed by atoms with Crippen molar-refractivity contribution in [1.29, 1.82) is 0 Å². The first kappa shape index (κ1) is 17.4. The second kappa shape index (κ2) is 8.13. The highest BCUT2D eigenvalue weighted by Crippen LogP contribution is 2.22. The van der Waals surface area contributed by atoms with Crippen LogP contribution in [0.15, 0.2) is 34.5 Å². The van der Waals surface area contributed by atoms with E-state index in [1.54, 1.807) is 6.21 Å². The highest BCUT2D eigenvalue weighted by Gasteiger charge is 2.32. The predicted octanol–water partition coefficient (Wildman–Crippen LogP) is 0.919. The maximum atomic E-state index is 11.6. The van der Waals surface area contributed by atoms with E-state index >= 15 is 0 Å². The summed E-state index contributed by atoms with van der Waals surface area (Å²) in [6.45, 7) is 3.25. The van der Waals surface area contributed by atoms with Gasteiger partial charge < -0.3 is 20.1 Å². The zero-order valence-corrected chi connectivity index (χ0v) is 14.2. The lowest BCUT2D eigenvalue weighted by Gasteiger charge is -2.28. The highest BCUT2D eigenvalue weighted by atomic mass is 32.2. The number of nitrogens with zero attached hydrogens (tertiary/aromatic N) is 3. The lowest BCUT2D eigenvalue weighted by atomic mass is 10.2. The number of amides is 1. The largest absolute Gasteiger partial charge is 0.481 e. The first-order chi connectivity index (χ1) is 12.1. The predicted molar refractivity (Wildman–Crippen MR) is 96.3 cm³/mol. The molecule has 1 unspecified atom stereocenters. The van der Waals surface area contributed by atoms with Gasteiger partial charge in [-0.25, -0.2) is 0 Å². The van der Waals surface area contributed by atoms with Crippen molar-refractivity contribution in [2.24, 2.45) is 10.2 Å². The quantitative estimate of drug-likeness (QED) is 0.596. The molecule has 0 spiro atoms. The van der Waals surface area contributed by atoms with Crippen molar-refractivity contribution in [2.45, 2.75) is 11.7 Å². The van der Waals surface area contributed by atoms with Gasteiger partial charge in [-0.2, -0.15) is 5.10 Å². The summed E-state index contributed by atoms with van der Waals surface area (Å²) < 4.78 is 5.34. The SMILES string of the molecule is O=C(O)CC1S/C(=N\N=C\c2ccc(N3CCOCC3)cc2)NC1=O. The summed E-state index contributed by atoms with van der Waals surface area (Å²) in [4.78, 5) is 24.5. The van der Waals surface area contributed by atoms with Gasteiger partial charge in [-0.05, 0) is 17.7 Å². The van der Waals surface area contributed by atoms with Crippen LogP contribution in [0.4, 0.5) is 5.69 Å². The van der Waals surface area contributed by atoms with Crippen molar-refractivity contribution >= 4 is 40.7 Å². The fraction of sp³-hybridized carbons (Fsp3) is 0.375. The molecule has 2 fully saturated rings. The molecule has 25 heavy (non-hydrogen) atoms. The van der Waals surface area contributed by atoms with E-state index in [9.17, 15) is 9.59 Å². The van der Waals surface area contributed by atoms with Crippen LogP contribution in [-0.4, -0.2) is 59.9 Å². The van der Waals surface area contributed by atoms with Crippen LogP contribution in [0.5, 0.6) is 0 Å². The highest BCUT2D eigenvalue weighted by molar-refractivity contribution is 8.15. The lowest BCUT2D eigenvalue weighted by molar-refractivity contribution is -0.138. The Kier molecular flexibility index (Phi) is 5.67. The summed E-state index contributed by atoms with van der Waals surface area (Å²) in [6.07, 6.45) is 1.36. The van der Waals surface area contributed by atoms with Gasteiger partial charge in [0, 0.05) is 18.8 Å². The van der Waals surface area contributed by atoms with Crippen molar-refractivity contribution < 1.29 is 19.4 Å². The number of morpholine rings is 1. The summed E-state index contributed by atoms with van der Waals surface area (Å²) in [6, 6.07) is 7.94. The van der Waals surface area contributed by atoms with E-state index in [0.29, 0.717) is 5.17 Å². The van der Waals surface area contributed by atoms with Gasteiger partial charge in [0.05, 0.1) is 25.8 Å². The second-order valence-electron chi connectivity index (χ2n) is 5.53. The number of carbonyl (C=O) groups excluding carboxylic acids is 1. The molecule has 8 nitrogen and oxygen atoms in total. The fourth-order valence-corrected chi connectivity index (χ4v) is 3.40. The van der Waals surface area contributed by atoms with Crippen LogP contribution in [-0.2, 0) is 14.3 Å². The van der Waals surface area contributed by atoms with Crippen molar-refractivity contribution in [2.75, 3.05) is 31.2 Å². The summed E-state index contributed by atoms with van der Waals surface area (Å²) in [5.74, 6) is -1.37. The number of nitrogens with one attached hydrogen (secondary N) is 1. The summed E-state index contributed by atoms with van der Waals surface area (Å²) in [5.41, 5.74) is 2.03. The summed E-state index contributed by atoms with van der Waals surface area (Å²) >= 11 is 1.08. The van der Waals surface area contributed by atoms with Crippen LogP contribution in [0.2, 0.25) is 0 Å². The minimum atomic E-state index is -1.02. The number of benzene rings is 1. The van der Waals surface area contributed by atoms with E-state index < -0.39 is 11.2 Å². The van der Waals surface area contributed by atoms with Crippen LogP contribution in [0, 0.1) is 0 Å². The molecule has 0 bridgehead atoms. The molecule has 2 saturated heterocycles. The average Bonchev–Trinajstić information content (AvgIpc) is 2.95. The van der Waals surface area contributed by atoms with Crippen LogP contribution in [0.3, 0.4) is 0 Å². The Labute approximate surface area is 148 Å². The normalized spacial score (nSPS) is 22.6. The number of hydrogen-bond donors (Lipinski definition) is 2. The standard InChI is InChI=1S/C16H18N4O4S/c21-14(22)9-13-15(23)18-16(25-13)19-17-10-11-1-3-12(4-2-11)20-5-7-24-8-6-20/h1-4,10,13H,5-9H2,(H,21,22)(H,18,19,23)/b17-10+. The van der Waals surface area contributed by atoms with Crippen LogP contribution < -0.4 is 10.2 Å². The van der Waals surface area contributed by atoms with E-state index in [4.69, 9.17) is 9.84 Å². The van der Waals surface area contributed by atoms with Gasteiger partial charge in [0.25, 0.3) is 0 Å². The van der Waals surface area contributed by atoms with E-state index in [0.717, 1.165) is 49.3 Å². The maximum Gasteiger partial charge on any atom is 0.305 e. The molecule has 2 aliphatic heterocycles. The van der Waals surface area contributed by atoms with Gasteiger partial charge in [-0.3, -0.25) is 9.59 Å². The maximum absolute atomic E-state index is 11.6. The molecular weight excluding hydrogens is 344 g/mol. The minimum Gasteiger partial charge on any atom is -0.481 e. The monoisotopic (exact) mass is 362 g/mol. The van der Waals surface area contributed by atoms with Gasteiger partial charge in [-0.1, -0.05) is 23.9 Å². The van der Waals surface area contributed by atoms with Crippen LogP contribution in [0.1, 0.15) is 12.0 Å². The van der Waals surface area contributed by atoms with Crippen molar-refractivity contribution in [3.63, 3.8) is 0 Å². The lowest BCUT2D eigenvalue weighted by Crippen LogP contribution is -2.36. The molecule has 2 heterocycles. The van der Waals surface area contributed by atoms with Crippen LogP contribution in [0.25, 0.3) is 0 Å². The van der Waals surface area contributed by atoms with E-state index in [1.807, 2.05) is 24.3 Å². The van der Waals surface area contributed by atoms with Crippen molar-refractivity contribution in [1.82, 2.24) is 5.32 Å². The molecule has 2 aliphatic rings. The number of thioether (sulfide) groups is 1. The number of ether oxygens (including phenoxy) is 1. The molecule has 0 aromatic heterocycles. The Hall–Kier alpha value is -2.39. The molecule has 3 rings (SSSR count). The third-order valence-corrected chi connectivity index (χ3v) is 4.83. The van der Waals surface area contributed by atoms with Gasteiger partial charge in [-0.15, -0.1) is 5.10 Å². The molecule has 0 radical (unpaired) electrons. The summed E-state index contributed by atoms with van der Waals surface area (Å²) in [7, 11) is 0.